The van der Waals surface area contributed by atoms with E-state index in [0.717, 1.165) is 25.1 Å². The van der Waals surface area contributed by atoms with E-state index in [1.165, 1.54) is 4.90 Å². The Bertz CT molecular complexity index is 693. The summed E-state index contributed by atoms with van der Waals surface area (Å²) in [5.41, 5.74) is 2.03. The van der Waals surface area contributed by atoms with Gasteiger partial charge in [0, 0.05) is 23.8 Å². The van der Waals surface area contributed by atoms with Crippen LogP contribution in [0.2, 0.25) is 5.02 Å². The minimum atomic E-state index is -0.184. The van der Waals surface area contributed by atoms with Crippen LogP contribution in [-0.4, -0.2) is 29.8 Å². The highest BCUT2D eigenvalue weighted by molar-refractivity contribution is 6.30. The third-order valence-electron chi connectivity index (χ3n) is 3.86. The maximum absolute atomic E-state index is 12.2. The summed E-state index contributed by atoms with van der Waals surface area (Å²) in [6.07, 6.45) is 1.64. The average molecular weight is 329 g/mol. The quantitative estimate of drug-likeness (QED) is 0.647. The normalized spacial score (nSPS) is 13.3. The van der Waals surface area contributed by atoms with Gasteiger partial charge in [-0.05, 0) is 49.2 Å². The Balaban J connectivity index is 1.46. The van der Waals surface area contributed by atoms with Crippen LogP contribution < -0.4 is 5.32 Å². The standard InChI is InChI=1S/C18H17ClN2O2/c19-13-7-9-14(10-8-13)20-11-3-4-12-21-17(22)15-5-1-2-6-16(15)18(21)23/h1-2,5-10,20H,3-4,11-12H2. The van der Waals surface area contributed by atoms with E-state index >= 15 is 0 Å². The summed E-state index contributed by atoms with van der Waals surface area (Å²) in [4.78, 5) is 25.7. The third kappa shape index (κ3) is 3.37. The first kappa shape index (κ1) is 15.6. The number of amides is 2. The van der Waals surface area contributed by atoms with E-state index in [2.05, 4.69) is 5.32 Å². The number of nitrogens with one attached hydrogen (secondary N) is 1. The predicted molar refractivity (Wildman–Crippen MR) is 91.0 cm³/mol. The van der Waals surface area contributed by atoms with E-state index in [1.54, 1.807) is 24.3 Å². The Morgan fingerprint density at radius 1 is 0.870 bits per heavy atom. The molecule has 1 aliphatic heterocycles. The minimum Gasteiger partial charge on any atom is -0.385 e. The summed E-state index contributed by atoms with van der Waals surface area (Å²) in [7, 11) is 0. The first-order valence-corrected chi connectivity index (χ1v) is 7.99. The number of nitrogens with zero attached hydrogens (tertiary/aromatic N) is 1. The number of carbonyl (C=O) groups excluding carboxylic acids is 2. The van der Waals surface area contributed by atoms with Crippen molar-refractivity contribution >= 4 is 29.1 Å². The molecule has 0 bridgehead atoms. The second-order valence-electron chi connectivity index (χ2n) is 5.45. The van der Waals surface area contributed by atoms with E-state index in [0.29, 0.717) is 22.7 Å². The summed E-state index contributed by atoms with van der Waals surface area (Å²) in [6, 6.07) is 14.5. The highest BCUT2D eigenvalue weighted by Crippen LogP contribution is 2.22. The molecule has 0 saturated carbocycles. The number of fused-ring (bicyclic) bond motifs is 1. The Labute approximate surface area is 140 Å². The lowest BCUT2D eigenvalue weighted by molar-refractivity contribution is 0.0652. The molecule has 0 fully saturated rings. The van der Waals surface area contributed by atoms with Gasteiger partial charge in [0.25, 0.3) is 11.8 Å². The van der Waals surface area contributed by atoms with Crippen molar-refractivity contribution in [1.82, 2.24) is 4.90 Å². The Morgan fingerprint density at radius 2 is 1.48 bits per heavy atom. The molecule has 118 valence electrons. The van der Waals surface area contributed by atoms with E-state index < -0.39 is 0 Å². The van der Waals surface area contributed by atoms with E-state index in [1.807, 2.05) is 24.3 Å². The lowest BCUT2D eigenvalue weighted by Gasteiger charge is -2.13. The van der Waals surface area contributed by atoms with Crippen molar-refractivity contribution in [2.45, 2.75) is 12.8 Å². The van der Waals surface area contributed by atoms with Crippen molar-refractivity contribution < 1.29 is 9.59 Å². The Hall–Kier alpha value is -2.33. The molecule has 1 aliphatic rings. The first-order chi connectivity index (χ1) is 11.2. The number of carbonyl (C=O) groups is 2. The van der Waals surface area contributed by atoms with E-state index in [-0.39, 0.29) is 11.8 Å². The number of benzene rings is 2. The van der Waals surface area contributed by atoms with Crippen molar-refractivity contribution in [3.63, 3.8) is 0 Å². The summed E-state index contributed by atoms with van der Waals surface area (Å²) in [6.45, 7) is 1.24. The van der Waals surface area contributed by atoms with Crippen LogP contribution in [0.5, 0.6) is 0 Å². The molecule has 1 N–H and O–H groups in total. The second kappa shape index (κ2) is 6.84. The first-order valence-electron chi connectivity index (χ1n) is 7.61. The van der Waals surface area contributed by atoms with Gasteiger partial charge in [-0.25, -0.2) is 0 Å². The number of unbranched alkanes of at least 4 members (excludes halogenated alkanes) is 1. The van der Waals surface area contributed by atoms with Gasteiger partial charge < -0.3 is 5.32 Å². The largest absolute Gasteiger partial charge is 0.385 e. The van der Waals surface area contributed by atoms with Crippen molar-refractivity contribution in [2.24, 2.45) is 0 Å². The fraction of sp³-hybridized carbons (Fsp3) is 0.222. The fourth-order valence-corrected chi connectivity index (χ4v) is 2.76. The summed E-state index contributed by atoms with van der Waals surface area (Å²) >= 11 is 5.84. The second-order valence-corrected chi connectivity index (χ2v) is 5.88. The molecule has 1 heterocycles. The Kier molecular flexibility index (Phi) is 4.63. The third-order valence-corrected chi connectivity index (χ3v) is 4.11. The zero-order valence-electron chi connectivity index (χ0n) is 12.6. The van der Waals surface area contributed by atoms with Gasteiger partial charge in [-0.1, -0.05) is 23.7 Å². The van der Waals surface area contributed by atoms with Crippen LogP contribution in [-0.2, 0) is 0 Å². The zero-order valence-corrected chi connectivity index (χ0v) is 13.3. The van der Waals surface area contributed by atoms with Crippen LogP contribution >= 0.6 is 11.6 Å². The summed E-state index contributed by atoms with van der Waals surface area (Å²) in [5.74, 6) is -0.368. The molecule has 0 aromatic heterocycles. The van der Waals surface area contributed by atoms with Crippen molar-refractivity contribution in [3.05, 3.63) is 64.7 Å². The maximum atomic E-state index is 12.2. The summed E-state index contributed by atoms with van der Waals surface area (Å²) in [5, 5.41) is 4.00. The number of halogens is 1. The van der Waals surface area contributed by atoms with Crippen LogP contribution in [0, 0.1) is 0 Å². The smallest absolute Gasteiger partial charge is 0.261 e. The van der Waals surface area contributed by atoms with Gasteiger partial charge in [0.2, 0.25) is 0 Å². The molecule has 5 heteroatoms. The van der Waals surface area contributed by atoms with Crippen molar-refractivity contribution in [3.8, 4) is 0 Å². The molecule has 0 spiro atoms. The van der Waals surface area contributed by atoms with Crippen LogP contribution in [0.15, 0.2) is 48.5 Å². The minimum absolute atomic E-state index is 0.184. The van der Waals surface area contributed by atoms with Gasteiger partial charge in [0.15, 0.2) is 0 Å². The molecular formula is C18H17ClN2O2. The predicted octanol–water partition coefficient (Wildman–Crippen LogP) is 3.83. The molecule has 0 radical (unpaired) electrons. The molecule has 3 rings (SSSR count). The SMILES string of the molecule is O=C1c2ccccc2C(=O)N1CCCCNc1ccc(Cl)cc1. The topological polar surface area (TPSA) is 49.4 Å². The van der Waals surface area contributed by atoms with Gasteiger partial charge >= 0.3 is 0 Å². The van der Waals surface area contributed by atoms with E-state index in [4.69, 9.17) is 11.6 Å². The number of hydrogen-bond acceptors (Lipinski definition) is 3. The molecule has 0 atom stereocenters. The molecule has 0 unspecified atom stereocenters. The molecule has 2 aromatic rings. The molecule has 2 aromatic carbocycles. The van der Waals surface area contributed by atoms with Crippen LogP contribution in [0.25, 0.3) is 0 Å². The van der Waals surface area contributed by atoms with Gasteiger partial charge in [-0.2, -0.15) is 0 Å². The van der Waals surface area contributed by atoms with Crippen molar-refractivity contribution in [2.75, 3.05) is 18.4 Å². The van der Waals surface area contributed by atoms with Crippen LogP contribution in [0.4, 0.5) is 5.69 Å². The van der Waals surface area contributed by atoms with Crippen LogP contribution in [0.1, 0.15) is 33.6 Å². The van der Waals surface area contributed by atoms with E-state index in [9.17, 15) is 9.59 Å². The molecule has 23 heavy (non-hydrogen) atoms. The van der Waals surface area contributed by atoms with Crippen LogP contribution in [0.3, 0.4) is 0 Å². The number of anilines is 1. The molecule has 2 amide bonds. The monoisotopic (exact) mass is 328 g/mol. The lowest BCUT2D eigenvalue weighted by atomic mass is 10.1. The molecule has 0 saturated heterocycles. The van der Waals surface area contributed by atoms with Gasteiger partial charge in [0.1, 0.15) is 0 Å². The average Bonchev–Trinajstić information content (AvgIpc) is 2.81. The maximum Gasteiger partial charge on any atom is 0.261 e. The molecule has 4 nitrogen and oxygen atoms in total. The number of hydrogen-bond donors (Lipinski definition) is 1. The van der Waals surface area contributed by atoms with Gasteiger partial charge in [-0.15, -0.1) is 0 Å². The van der Waals surface area contributed by atoms with Crippen molar-refractivity contribution in [1.29, 1.82) is 0 Å². The number of imide groups is 1. The fourth-order valence-electron chi connectivity index (χ4n) is 2.64. The van der Waals surface area contributed by atoms with Gasteiger partial charge in [0.05, 0.1) is 11.1 Å². The highest BCUT2D eigenvalue weighted by Gasteiger charge is 2.34. The number of rotatable bonds is 6. The Morgan fingerprint density at radius 3 is 2.09 bits per heavy atom. The molecular weight excluding hydrogens is 312 g/mol. The summed E-state index contributed by atoms with van der Waals surface area (Å²) < 4.78 is 0. The zero-order chi connectivity index (χ0) is 16.2. The molecule has 0 aliphatic carbocycles. The highest BCUT2D eigenvalue weighted by atomic mass is 35.5. The van der Waals surface area contributed by atoms with Gasteiger partial charge in [-0.3, -0.25) is 14.5 Å². The lowest BCUT2D eigenvalue weighted by Crippen LogP contribution is -2.30.